The molecule has 27 heavy (non-hydrogen) atoms. The van der Waals surface area contributed by atoms with E-state index < -0.39 is 10.0 Å². The van der Waals surface area contributed by atoms with Gasteiger partial charge in [0, 0.05) is 29.7 Å². The van der Waals surface area contributed by atoms with Gasteiger partial charge in [0.2, 0.25) is 15.9 Å². The summed E-state index contributed by atoms with van der Waals surface area (Å²) in [4.78, 5) is 12.7. The Kier molecular flexibility index (Phi) is 6.19. The van der Waals surface area contributed by atoms with Crippen LogP contribution in [-0.4, -0.2) is 31.7 Å². The molecular weight excluding hydrogens is 384 g/mol. The number of sulfonamides is 1. The minimum Gasteiger partial charge on any atom is -0.326 e. The molecule has 144 valence electrons. The van der Waals surface area contributed by atoms with E-state index in [1.165, 1.54) is 22.0 Å². The Labute approximate surface area is 165 Å². The molecule has 7 heteroatoms. The summed E-state index contributed by atoms with van der Waals surface area (Å²) in [6.45, 7) is 2.75. The van der Waals surface area contributed by atoms with Crippen LogP contribution in [0.3, 0.4) is 0 Å². The van der Waals surface area contributed by atoms with Gasteiger partial charge >= 0.3 is 0 Å². The summed E-state index contributed by atoms with van der Waals surface area (Å²) in [6.07, 6.45) is 1.96. The molecule has 1 N–H and O–H groups in total. The van der Waals surface area contributed by atoms with Crippen LogP contribution in [-0.2, 0) is 21.2 Å². The van der Waals surface area contributed by atoms with Gasteiger partial charge in [-0.2, -0.15) is 4.31 Å². The fraction of sp³-hybridized carbons (Fsp3) is 0.350. The SMILES string of the molecule is CCc1ccc(NC(=O)C2CCN(S(=O)(=O)c3ccc(Cl)cc3)CC2)cc1. The molecule has 0 aromatic heterocycles. The molecule has 1 fully saturated rings. The van der Waals surface area contributed by atoms with Crippen molar-refractivity contribution < 1.29 is 13.2 Å². The smallest absolute Gasteiger partial charge is 0.243 e. The van der Waals surface area contributed by atoms with E-state index in [-0.39, 0.29) is 16.7 Å². The third-order valence-corrected chi connectivity index (χ3v) is 7.07. The van der Waals surface area contributed by atoms with E-state index >= 15 is 0 Å². The number of hydrogen-bond acceptors (Lipinski definition) is 3. The molecule has 1 aliphatic heterocycles. The zero-order chi connectivity index (χ0) is 19.4. The third kappa shape index (κ3) is 4.69. The molecule has 1 heterocycles. The lowest BCUT2D eigenvalue weighted by Crippen LogP contribution is -2.41. The molecule has 0 bridgehead atoms. The Morgan fingerprint density at radius 2 is 1.67 bits per heavy atom. The predicted molar refractivity (Wildman–Crippen MR) is 107 cm³/mol. The first-order chi connectivity index (χ1) is 12.9. The zero-order valence-corrected chi connectivity index (χ0v) is 16.8. The number of halogens is 1. The summed E-state index contributed by atoms with van der Waals surface area (Å²) in [6, 6.07) is 13.9. The van der Waals surface area contributed by atoms with E-state index in [9.17, 15) is 13.2 Å². The van der Waals surface area contributed by atoms with Crippen LogP contribution in [0.15, 0.2) is 53.4 Å². The largest absolute Gasteiger partial charge is 0.326 e. The maximum atomic E-state index is 12.7. The number of rotatable bonds is 5. The van der Waals surface area contributed by atoms with Crippen molar-refractivity contribution in [1.29, 1.82) is 0 Å². The number of carbonyl (C=O) groups is 1. The van der Waals surface area contributed by atoms with Gasteiger partial charge in [0.15, 0.2) is 0 Å². The Balaban J connectivity index is 1.59. The topological polar surface area (TPSA) is 66.5 Å². The van der Waals surface area contributed by atoms with Crippen molar-refractivity contribution in [2.75, 3.05) is 18.4 Å². The average molecular weight is 407 g/mol. The molecule has 2 aromatic carbocycles. The summed E-state index contributed by atoms with van der Waals surface area (Å²) in [5, 5.41) is 3.43. The van der Waals surface area contributed by atoms with Crippen molar-refractivity contribution in [3.8, 4) is 0 Å². The molecule has 5 nitrogen and oxygen atoms in total. The first kappa shape index (κ1) is 19.9. The summed E-state index contributed by atoms with van der Waals surface area (Å²) in [5.41, 5.74) is 1.99. The van der Waals surface area contributed by atoms with E-state index in [0.29, 0.717) is 31.0 Å². The second-order valence-corrected chi connectivity index (χ2v) is 9.05. The highest BCUT2D eigenvalue weighted by molar-refractivity contribution is 7.89. The maximum Gasteiger partial charge on any atom is 0.243 e. The summed E-state index contributed by atoms with van der Waals surface area (Å²) in [5.74, 6) is -0.240. The van der Waals surface area contributed by atoms with E-state index in [1.54, 1.807) is 12.1 Å². The van der Waals surface area contributed by atoms with Crippen LogP contribution in [0.25, 0.3) is 0 Å². The molecule has 0 atom stereocenters. The van der Waals surface area contributed by atoms with Crippen LogP contribution in [0.5, 0.6) is 0 Å². The molecular formula is C20H23ClN2O3S. The predicted octanol–water partition coefficient (Wildman–Crippen LogP) is 3.94. The third-order valence-electron chi connectivity index (χ3n) is 4.91. The Hall–Kier alpha value is -1.89. The number of carbonyl (C=O) groups excluding carboxylic acids is 1. The van der Waals surface area contributed by atoms with Crippen LogP contribution in [0.2, 0.25) is 5.02 Å². The number of anilines is 1. The van der Waals surface area contributed by atoms with Gasteiger partial charge in [0.25, 0.3) is 0 Å². The van der Waals surface area contributed by atoms with E-state index in [1.807, 2.05) is 24.3 Å². The average Bonchev–Trinajstić information content (AvgIpc) is 2.69. The lowest BCUT2D eigenvalue weighted by atomic mass is 9.97. The highest BCUT2D eigenvalue weighted by Gasteiger charge is 2.32. The second-order valence-electron chi connectivity index (χ2n) is 6.67. The van der Waals surface area contributed by atoms with Gasteiger partial charge in [-0.15, -0.1) is 0 Å². The van der Waals surface area contributed by atoms with Crippen molar-refractivity contribution >= 4 is 33.2 Å². The van der Waals surface area contributed by atoms with Crippen LogP contribution in [0.1, 0.15) is 25.3 Å². The Morgan fingerprint density at radius 1 is 1.07 bits per heavy atom. The first-order valence-electron chi connectivity index (χ1n) is 9.05. The normalized spacial score (nSPS) is 16.2. The fourth-order valence-electron chi connectivity index (χ4n) is 3.18. The summed E-state index contributed by atoms with van der Waals surface area (Å²) >= 11 is 5.83. The molecule has 3 rings (SSSR count). The van der Waals surface area contributed by atoms with E-state index in [0.717, 1.165) is 12.1 Å². The highest BCUT2D eigenvalue weighted by Crippen LogP contribution is 2.25. The number of nitrogens with one attached hydrogen (secondary N) is 1. The number of nitrogens with zero attached hydrogens (tertiary/aromatic N) is 1. The number of benzene rings is 2. The van der Waals surface area contributed by atoms with Gasteiger partial charge in [-0.05, 0) is 61.2 Å². The first-order valence-corrected chi connectivity index (χ1v) is 10.9. The van der Waals surface area contributed by atoms with Gasteiger partial charge in [0.05, 0.1) is 4.90 Å². The van der Waals surface area contributed by atoms with Gasteiger partial charge < -0.3 is 5.32 Å². The van der Waals surface area contributed by atoms with Crippen LogP contribution in [0, 0.1) is 5.92 Å². The summed E-state index contributed by atoms with van der Waals surface area (Å²) in [7, 11) is -3.55. The van der Waals surface area contributed by atoms with Gasteiger partial charge in [-0.3, -0.25) is 4.79 Å². The molecule has 0 saturated carbocycles. The van der Waals surface area contributed by atoms with Crippen LogP contribution in [0.4, 0.5) is 5.69 Å². The van der Waals surface area contributed by atoms with E-state index in [2.05, 4.69) is 12.2 Å². The highest BCUT2D eigenvalue weighted by atomic mass is 35.5. The Bertz CT molecular complexity index is 888. The number of aryl methyl sites for hydroxylation is 1. The summed E-state index contributed by atoms with van der Waals surface area (Å²) < 4.78 is 26.9. The van der Waals surface area contributed by atoms with Crippen molar-refractivity contribution in [2.45, 2.75) is 31.1 Å². The molecule has 0 aliphatic carbocycles. The standard InChI is InChI=1S/C20H23ClN2O3S/c1-2-15-3-7-18(8-4-15)22-20(24)16-11-13-23(14-12-16)27(25,26)19-9-5-17(21)6-10-19/h3-10,16H,2,11-14H2,1H3,(H,22,24). The minimum atomic E-state index is -3.55. The molecule has 2 aromatic rings. The van der Waals surface area contributed by atoms with Crippen molar-refractivity contribution in [2.24, 2.45) is 5.92 Å². The monoisotopic (exact) mass is 406 g/mol. The lowest BCUT2D eigenvalue weighted by molar-refractivity contribution is -0.120. The van der Waals surface area contributed by atoms with Gasteiger partial charge in [0.1, 0.15) is 0 Å². The molecule has 0 radical (unpaired) electrons. The second kappa shape index (κ2) is 8.42. The number of hydrogen-bond donors (Lipinski definition) is 1. The Morgan fingerprint density at radius 3 is 2.22 bits per heavy atom. The van der Waals surface area contributed by atoms with Crippen molar-refractivity contribution in [3.63, 3.8) is 0 Å². The van der Waals surface area contributed by atoms with Crippen LogP contribution < -0.4 is 5.32 Å². The quantitative estimate of drug-likeness (QED) is 0.817. The molecule has 1 amide bonds. The van der Waals surface area contributed by atoms with Gasteiger partial charge in [-0.1, -0.05) is 30.7 Å². The van der Waals surface area contributed by atoms with E-state index in [4.69, 9.17) is 11.6 Å². The molecule has 1 aliphatic rings. The lowest BCUT2D eigenvalue weighted by Gasteiger charge is -2.30. The van der Waals surface area contributed by atoms with Crippen molar-refractivity contribution in [1.82, 2.24) is 4.31 Å². The maximum absolute atomic E-state index is 12.7. The minimum absolute atomic E-state index is 0.0530. The molecule has 1 saturated heterocycles. The molecule has 0 unspecified atom stereocenters. The fourth-order valence-corrected chi connectivity index (χ4v) is 4.78. The molecule has 0 spiro atoms. The zero-order valence-electron chi connectivity index (χ0n) is 15.2. The number of amides is 1. The van der Waals surface area contributed by atoms with Crippen LogP contribution >= 0.6 is 11.6 Å². The number of piperidine rings is 1. The van der Waals surface area contributed by atoms with Gasteiger partial charge in [-0.25, -0.2) is 8.42 Å². The van der Waals surface area contributed by atoms with Crippen molar-refractivity contribution in [3.05, 3.63) is 59.1 Å².